The minimum atomic E-state index is -0.540. The van der Waals surface area contributed by atoms with Gasteiger partial charge in [0.25, 0.3) is 0 Å². The summed E-state index contributed by atoms with van der Waals surface area (Å²) in [5.41, 5.74) is 0.744. The fraction of sp³-hybridized carbons (Fsp3) is 0.400. The molecule has 0 heterocycles. The molecule has 2 N–H and O–H groups in total. The van der Waals surface area contributed by atoms with Gasteiger partial charge in [-0.05, 0) is 31.8 Å². The quantitative estimate of drug-likeness (QED) is 0.730. The lowest BCUT2D eigenvalue weighted by Crippen LogP contribution is -2.19. The van der Waals surface area contributed by atoms with Crippen molar-refractivity contribution >= 4 is 0 Å². The van der Waals surface area contributed by atoms with Crippen LogP contribution >= 0.6 is 0 Å². The molecule has 0 radical (unpaired) electrons. The van der Waals surface area contributed by atoms with Gasteiger partial charge in [-0.15, -0.1) is 0 Å². The fourth-order valence-corrected chi connectivity index (χ4v) is 1.18. The van der Waals surface area contributed by atoms with Gasteiger partial charge in [0.05, 0.1) is 6.10 Å². The van der Waals surface area contributed by atoms with E-state index in [0.717, 1.165) is 5.56 Å². The van der Waals surface area contributed by atoms with E-state index >= 15 is 0 Å². The standard InChI is InChI=1S/C10H15NO2/c1-11(2)7-10(13)8-4-3-5-9(12)6-8/h3-6,10,12-13H,7H2,1-2H3. The van der Waals surface area contributed by atoms with Crippen molar-refractivity contribution < 1.29 is 10.2 Å². The maximum Gasteiger partial charge on any atom is 0.115 e. The van der Waals surface area contributed by atoms with E-state index in [1.54, 1.807) is 24.3 Å². The van der Waals surface area contributed by atoms with Crippen LogP contribution in [0.1, 0.15) is 11.7 Å². The van der Waals surface area contributed by atoms with Crippen molar-refractivity contribution in [1.29, 1.82) is 0 Å². The van der Waals surface area contributed by atoms with E-state index in [0.29, 0.717) is 6.54 Å². The molecule has 72 valence electrons. The molecule has 0 saturated carbocycles. The van der Waals surface area contributed by atoms with Crippen LogP contribution in [0.3, 0.4) is 0 Å². The molecule has 1 rings (SSSR count). The van der Waals surface area contributed by atoms with Crippen LogP contribution in [0.25, 0.3) is 0 Å². The van der Waals surface area contributed by atoms with Crippen molar-refractivity contribution in [3.63, 3.8) is 0 Å². The maximum atomic E-state index is 9.66. The third kappa shape index (κ3) is 3.05. The zero-order valence-corrected chi connectivity index (χ0v) is 7.94. The Morgan fingerprint density at radius 2 is 2.08 bits per heavy atom. The van der Waals surface area contributed by atoms with E-state index in [9.17, 15) is 10.2 Å². The first kappa shape index (κ1) is 10.0. The number of benzene rings is 1. The lowest BCUT2D eigenvalue weighted by molar-refractivity contribution is 0.138. The van der Waals surface area contributed by atoms with Crippen molar-refractivity contribution in [2.75, 3.05) is 20.6 Å². The second kappa shape index (κ2) is 4.25. The Balaban J connectivity index is 2.71. The predicted molar refractivity (Wildman–Crippen MR) is 51.6 cm³/mol. The van der Waals surface area contributed by atoms with Crippen molar-refractivity contribution in [3.05, 3.63) is 29.8 Å². The average Bonchev–Trinajstić information content (AvgIpc) is 2.03. The highest BCUT2D eigenvalue weighted by Gasteiger charge is 2.08. The van der Waals surface area contributed by atoms with Gasteiger partial charge in [-0.1, -0.05) is 12.1 Å². The van der Waals surface area contributed by atoms with Crippen LogP contribution < -0.4 is 0 Å². The third-order valence-electron chi connectivity index (χ3n) is 1.79. The minimum Gasteiger partial charge on any atom is -0.508 e. The van der Waals surface area contributed by atoms with Gasteiger partial charge in [0.1, 0.15) is 5.75 Å². The number of phenolic OH excluding ortho intramolecular Hbond substituents is 1. The van der Waals surface area contributed by atoms with Crippen LogP contribution in [0.4, 0.5) is 0 Å². The molecular formula is C10H15NO2. The summed E-state index contributed by atoms with van der Waals surface area (Å²) in [5, 5.41) is 18.8. The number of aromatic hydroxyl groups is 1. The van der Waals surface area contributed by atoms with Crippen molar-refractivity contribution in [2.45, 2.75) is 6.10 Å². The zero-order valence-electron chi connectivity index (χ0n) is 7.94. The summed E-state index contributed by atoms with van der Waals surface area (Å²) in [4.78, 5) is 1.90. The molecule has 0 amide bonds. The molecule has 0 aliphatic heterocycles. The highest BCUT2D eigenvalue weighted by Crippen LogP contribution is 2.18. The second-order valence-corrected chi connectivity index (χ2v) is 3.37. The van der Waals surface area contributed by atoms with E-state index in [4.69, 9.17) is 0 Å². The fourth-order valence-electron chi connectivity index (χ4n) is 1.18. The number of hydrogen-bond donors (Lipinski definition) is 2. The second-order valence-electron chi connectivity index (χ2n) is 3.37. The Morgan fingerprint density at radius 3 is 2.62 bits per heavy atom. The van der Waals surface area contributed by atoms with E-state index in [1.165, 1.54) is 0 Å². The summed E-state index contributed by atoms with van der Waals surface area (Å²) in [5.74, 6) is 0.190. The van der Waals surface area contributed by atoms with E-state index in [-0.39, 0.29) is 5.75 Å². The van der Waals surface area contributed by atoms with Crippen LogP contribution in [-0.4, -0.2) is 35.8 Å². The summed E-state index contributed by atoms with van der Waals surface area (Å²) < 4.78 is 0. The van der Waals surface area contributed by atoms with Gasteiger partial charge in [-0.2, -0.15) is 0 Å². The molecule has 13 heavy (non-hydrogen) atoms. The summed E-state index contributed by atoms with van der Waals surface area (Å²) in [6.07, 6.45) is -0.540. The molecule has 0 spiro atoms. The Hall–Kier alpha value is -1.06. The molecule has 3 heteroatoms. The van der Waals surface area contributed by atoms with Gasteiger partial charge in [-0.3, -0.25) is 0 Å². The molecule has 1 unspecified atom stereocenters. The summed E-state index contributed by atoms with van der Waals surface area (Å²) in [6.45, 7) is 0.559. The molecular weight excluding hydrogens is 166 g/mol. The van der Waals surface area contributed by atoms with E-state index in [2.05, 4.69) is 0 Å². The molecule has 0 aromatic heterocycles. The van der Waals surface area contributed by atoms with Gasteiger partial charge >= 0.3 is 0 Å². The number of likely N-dealkylation sites (N-methyl/N-ethyl adjacent to an activating group) is 1. The lowest BCUT2D eigenvalue weighted by Gasteiger charge is -2.16. The molecule has 1 aromatic carbocycles. The Bertz CT molecular complexity index is 273. The van der Waals surface area contributed by atoms with Gasteiger partial charge in [0.2, 0.25) is 0 Å². The topological polar surface area (TPSA) is 43.7 Å². The van der Waals surface area contributed by atoms with E-state index in [1.807, 2.05) is 19.0 Å². The number of aliphatic hydroxyl groups is 1. The Kier molecular flexibility index (Phi) is 3.28. The number of nitrogens with zero attached hydrogens (tertiary/aromatic N) is 1. The number of aliphatic hydroxyl groups excluding tert-OH is 1. The molecule has 1 aromatic rings. The van der Waals surface area contributed by atoms with Crippen LogP contribution in [0.15, 0.2) is 24.3 Å². The van der Waals surface area contributed by atoms with Crippen LogP contribution in [0, 0.1) is 0 Å². The number of hydrogen-bond acceptors (Lipinski definition) is 3. The largest absolute Gasteiger partial charge is 0.508 e. The van der Waals surface area contributed by atoms with Crippen LogP contribution in [0.5, 0.6) is 5.75 Å². The number of phenols is 1. The van der Waals surface area contributed by atoms with Crippen LogP contribution in [0.2, 0.25) is 0 Å². The molecule has 1 atom stereocenters. The molecule has 0 aliphatic rings. The van der Waals surface area contributed by atoms with Crippen molar-refractivity contribution in [1.82, 2.24) is 4.90 Å². The Labute approximate surface area is 78.2 Å². The van der Waals surface area contributed by atoms with Crippen molar-refractivity contribution in [3.8, 4) is 5.75 Å². The smallest absolute Gasteiger partial charge is 0.115 e. The minimum absolute atomic E-state index is 0.190. The zero-order chi connectivity index (χ0) is 9.84. The number of rotatable bonds is 3. The van der Waals surface area contributed by atoms with Gasteiger partial charge in [0, 0.05) is 6.54 Å². The molecule has 0 aliphatic carbocycles. The normalized spacial score (nSPS) is 13.2. The van der Waals surface area contributed by atoms with Gasteiger partial charge < -0.3 is 15.1 Å². The highest BCUT2D eigenvalue weighted by molar-refractivity contribution is 5.28. The van der Waals surface area contributed by atoms with Crippen LogP contribution in [-0.2, 0) is 0 Å². The van der Waals surface area contributed by atoms with E-state index < -0.39 is 6.10 Å². The van der Waals surface area contributed by atoms with Gasteiger partial charge in [0.15, 0.2) is 0 Å². The first-order valence-corrected chi connectivity index (χ1v) is 4.21. The average molecular weight is 181 g/mol. The third-order valence-corrected chi connectivity index (χ3v) is 1.79. The molecule has 0 bridgehead atoms. The van der Waals surface area contributed by atoms with Gasteiger partial charge in [-0.25, -0.2) is 0 Å². The summed E-state index contributed by atoms with van der Waals surface area (Å²) in [6, 6.07) is 6.69. The maximum absolute atomic E-state index is 9.66. The first-order chi connectivity index (χ1) is 6.09. The van der Waals surface area contributed by atoms with Crippen molar-refractivity contribution in [2.24, 2.45) is 0 Å². The molecule has 0 saturated heterocycles. The Morgan fingerprint density at radius 1 is 1.38 bits per heavy atom. The first-order valence-electron chi connectivity index (χ1n) is 4.21. The monoisotopic (exact) mass is 181 g/mol. The molecule has 3 nitrogen and oxygen atoms in total. The lowest BCUT2D eigenvalue weighted by atomic mass is 10.1. The highest BCUT2D eigenvalue weighted by atomic mass is 16.3. The summed E-state index contributed by atoms with van der Waals surface area (Å²) >= 11 is 0. The summed E-state index contributed by atoms with van der Waals surface area (Å²) in [7, 11) is 3.79. The SMILES string of the molecule is CN(C)CC(O)c1cccc(O)c1. The predicted octanol–water partition coefficient (Wildman–Crippen LogP) is 0.987. The molecule has 0 fully saturated rings.